The van der Waals surface area contributed by atoms with Crippen molar-refractivity contribution in [1.29, 1.82) is 0 Å². The Hall–Kier alpha value is -2.64. The molecule has 1 unspecified atom stereocenters. The van der Waals surface area contributed by atoms with Crippen molar-refractivity contribution in [3.05, 3.63) is 52.3 Å². The molecule has 28 heavy (non-hydrogen) atoms. The van der Waals surface area contributed by atoms with E-state index in [2.05, 4.69) is 4.98 Å². The molecule has 1 heterocycles. The molecule has 0 bridgehead atoms. The van der Waals surface area contributed by atoms with Gasteiger partial charge < -0.3 is 20.6 Å². The summed E-state index contributed by atoms with van der Waals surface area (Å²) < 4.78 is 5.17. The number of pyridine rings is 1. The number of rotatable bonds is 8. The summed E-state index contributed by atoms with van der Waals surface area (Å²) in [6.45, 7) is 8.29. The molecule has 0 aliphatic carbocycles. The van der Waals surface area contributed by atoms with Crippen LogP contribution in [-0.2, 0) is 16.1 Å². The smallest absolute Gasteiger partial charge is 0.306 e. The van der Waals surface area contributed by atoms with E-state index in [9.17, 15) is 9.90 Å². The first-order chi connectivity index (χ1) is 13.3. The van der Waals surface area contributed by atoms with Crippen LogP contribution in [0.25, 0.3) is 0 Å². The highest BCUT2D eigenvalue weighted by Gasteiger charge is 2.24. The third kappa shape index (κ3) is 4.61. The van der Waals surface area contributed by atoms with Crippen LogP contribution in [0.2, 0.25) is 0 Å². The van der Waals surface area contributed by atoms with Gasteiger partial charge in [-0.05, 0) is 56.5 Å². The minimum absolute atomic E-state index is 0.133. The number of anilines is 2. The number of ether oxygens (including phenoxy) is 1. The van der Waals surface area contributed by atoms with Crippen LogP contribution in [-0.4, -0.2) is 29.2 Å². The Bertz CT molecular complexity index is 839. The van der Waals surface area contributed by atoms with E-state index < -0.39 is 0 Å². The minimum Gasteiger partial charge on any atom is -0.466 e. The summed E-state index contributed by atoms with van der Waals surface area (Å²) in [4.78, 5) is 16.9. The van der Waals surface area contributed by atoms with Crippen molar-refractivity contribution in [2.75, 3.05) is 23.9 Å². The average molecular weight is 386 g/mol. The molecule has 2 aromatic rings. The first-order valence-corrected chi connectivity index (χ1v) is 9.48. The molecule has 7 heteroatoms. The zero-order chi connectivity index (χ0) is 20.8. The number of aliphatic hydroxyl groups is 1. The number of carbonyl (C=O) groups excluding carboxylic acids is 1. The number of esters is 1. The van der Waals surface area contributed by atoms with Gasteiger partial charge in [-0.25, -0.2) is 5.84 Å². The van der Waals surface area contributed by atoms with E-state index in [0.29, 0.717) is 30.2 Å². The van der Waals surface area contributed by atoms with Crippen LogP contribution in [0.1, 0.15) is 54.3 Å². The van der Waals surface area contributed by atoms with E-state index in [-0.39, 0.29) is 24.9 Å². The van der Waals surface area contributed by atoms with E-state index in [1.165, 1.54) is 0 Å². The topological polar surface area (TPSA) is 115 Å². The second kappa shape index (κ2) is 9.52. The summed E-state index contributed by atoms with van der Waals surface area (Å²) >= 11 is 0. The summed E-state index contributed by atoms with van der Waals surface area (Å²) in [5.74, 6) is 5.37. The van der Waals surface area contributed by atoms with Gasteiger partial charge in [0.1, 0.15) is 0 Å². The Balaban J connectivity index is 2.56. The Kier molecular flexibility index (Phi) is 7.37. The lowest BCUT2D eigenvalue weighted by Crippen LogP contribution is -2.31. The van der Waals surface area contributed by atoms with E-state index in [1.54, 1.807) is 11.9 Å². The van der Waals surface area contributed by atoms with Gasteiger partial charge in [-0.15, -0.1) is 0 Å². The number of benzene rings is 1. The highest BCUT2D eigenvalue weighted by atomic mass is 16.5. The van der Waals surface area contributed by atoms with Gasteiger partial charge in [0.25, 0.3) is 0 Å². The van der Waals surface area contributed by atoms with Crippen molar-refractivity contribution in [3.8, 4) is 0 Å². The molecule has 0 saturated heterocycles. The second-order valence-electron chi connectivity index (χ2n) is 6.72. The number of nitrogens with zero attached hydrogens (tertiary/aromatic N) is 2. The lowest BCUT2D eigenvalue weighted by atomic mass is 9.87. The second-order valence-corrected chi connectivity index (χ2v) is 6.72. The fraction of sp³-hybridized carbons (Fsp3) is 0.429. The first kappa shape index (κ1) is 21.7. The lowest BCUT2D eigenvalue weighted by Gasteiger charge is -2.24. The van der Waals surface area contributed by atoms with Gasteiger partial charge in [0.05, 0.1) is 36.7 Å². The Morgan fingerprint density at radius 1 is 1.25 bits per heavy atom. The van der Waals surface area contributed by atoms with Crippen LogP contribution < -0.4 is 16.6 Å². The van der Waals surface area contributed by atoms with Gasteiger partial charge in [0, 0.05) is 18.2 Å². The molecule has 0 radical (unpaired) electrons. The molecule has 1 aromatic carbocycles. The van der Waals surface area contributed by atoms with Gasteiger partial charge in [-0.2, -0.15) is 0 Å². The lowest BCUT2D eigenvalue weighted by molar-refractivity contribution is -0.143. The van der Waals surface area contributed by atoms with Crippen molar-refractivity contribution in [2.24, 2.45) is 5.84 Å². The molecule has 1 aromatic heterocycles. The number of carbonyl (C=O) groups is 1. The monoisotopic (exact) mass is 386 g/mol. The molecule has 0 amide bonds. The number of hydrazine groups is 1. The highest BCUT2D eigenvalue weighted by molar-refractivity contribution is 5.75. The molecule has 7 nitrogen and oxygen atoms in total. The van der Waals surface area contributed by atoms with Crippen LogP contribution in [0.3, 0.4) is 0 Å². The zero-order valence-corrected chi connectivity index (χ0v) is 17.0. The van der Waals surface area contributed by atoms with Crippen molar-refractivity contribution >= 4 is 17.3 Å². The van der Waals surface area contributed by atoms with Crippen molar-refractivity contribution in [3.63, 3.8) is 0 Å². The normalized spacial score (nSPS) is 11.9. The molecule has 0 spiro atoms. The molecular formula is C21H30N4O3. The molecular weight excluding hydrogens is 356 g/mol. The number of hydrogen-bond acceptors (Lipinski definition) is 7. The van der Waals surface area contributed by atoms with Gasteiger partial charge in [-0.3, -0.25) is 9.78 Å². The summed E-state index contributed by atoms with van der Waals surface area (Å²) in [5, 5.41) is 11.2. The van der Waals surface area contributed by atoms with Crippen molar-refractivity contribution in [2.45, 2.75) is 46.6 Å². The SMILES string of the molecule is CCOC(=O)CC(c1ccc(C)c(CO)n1)c1ccc(N(N)CC)c(N)c1C. The number of nitrogen functional groups attached to an aromatic ring is 1. The van der Waals surface area contributed by atoms with E-state index >= 15 is 0 Å². The average Bonchev–Trinajstić information content (AvgIpc) is 2.68. The van der Waals surface area contributed by atoms with Crippen molar-refractivity contribution in [1.82, 2.24) is 4.98 Å². The van der Waals surface area contributed by atoms with Gasteiger partial charge in [0.15, 0.2) is 0 Å². The Morgan fingerprint density at radius 3 is 2.57 bits per heavy atom. The summed E-state index contributed by atoms with van der Waals surface area (Å²) in [6.07, 6.45) is 0.133. The number of hydrogen-bond donors (Lipinski definition) is 3. The van der Waals surface area contributed by atoms with Crippen LogP contribution >= 0.6 is 0 Å². The van der Waals surface area contributed by atoms with E-state index in [0.717, 1.165) is 22.4 Å². The van der Waals surface area contributed by atoms with Crippen LogP contribution in [0.4, 0.5) is 11.4 Å². The molecule has 0 aliphatic rings. The summed E-state index contributed by atoms with van der Waals surface area (Å²) in [5.41, 5.74) is 11.6. The van der Waals surface area contributed by atoms with Crippen LogP contribution in [0.5, 0.6) is 0 Å². The molecule has 5 N–H and O–H groups in total. The fourth-order valence-electron chi connectivity index (χ4n) is 3.23. The number of aromatic nitrogens is 1. The molecule has 152 valence electrons. The van der Waals surface area contributed by atoms with Crippen LogP contribution in [0, 0.1) is 13.8 Å². The summed E-state index contributed by atoms with van der Waals surface area (Å²) in [7, 11) is 0. The number of nitrogens with two attached hydrogens (primary N) is 2. The Morgan fingerprint density at radius 2 is 1.96 bits per heavy atom. The number of aryl methyl sites for hydroxylation is 1. The highest BCUT2D eigenvalue weighted by Crippen LogP contribution is 2.36. The molecule has 0 aliphatic heterocycles. The molecule has 0 saturated carbocycles. The third-order valence-electron chi connectivity index (χ3n) is 4.97. The fourth-order valence-corrected chi connectivity index (χ4v) is 3.23. The quantitative estimate of drug-likeness (QED) is 0.276. The largest absolute Gasteiger partial charge is 0.466 e. The first-order valence-electron chi connectivity index (χ1n) is 9.48. The zero-order valence-electron chi connectivity index (χ0n) is 17.0. The molecule has 1 atom stereocenters. The van der Waals surface area contributed by atoms with E-state index in [1.807, 2.05) is 45.0 Å². The van der Waals surface area contributed by atoms with E-state index in [4.69, 9.17) is 16.3 Å². The van der Waals surface area contributed by atoms with Gasteiger partial charge in [-0.1, -0.05) is 12.1 Å². The maximum Gasteiger partial charge on any atom is 0.306 e. The maximum atomic E-state index is 12.3. The van der Waals surface area contributed by atoms with Gasteiger partial charge in [0.2, 0.25) is 0 Å². The maximum absolute atomic E-state index is 12.3. The standard InChI is InChI=1S/C21H30N4O3/c1-5-25(23)19-10-8-15(14(4)21(19)22)16(11-20(27)28-6-2)17-9-7-13(3)18(12-26)24-17/h7-10,16,26H,5-6,11-12,22-23H2,1-4H3. The number of aliphatic hydroxyl groups excluding tert-OH is 1. The summed E-state index contributed by atoms with van der Waals surface area (Å²) in [6, 6.07) is 7.57. The van der Waals surface area contributed by atoms with Crippen molar-refractivity contribution < 1.29 is 14.6 Å². The predicted octanol–water partition coefficient (Wildman–Crippen LogP) is 2.56. The van der Waals surface area contributed by atoms with Gasteiger partial charge >= 0.3 is 5.97 Å². The predicted molar refractivity (Wildman–Crippen MR) is 111 cm³/mol. The van der Waals surface area contributed by atoms with Crippen LogP contribution in [0.15, 0.2) is 24.3 Å². The molecule has 0 fully saturated rings. The Labute approximate surface area is 166 Å². The minimum atomic E-state index is -0.339. The third-order valence-corrected chi connectivity index (χ3v) is 4.97. The molecule has 2 rings (SSSR count).